The Kier molecular flexibility index (Phi) is 5.96. The molecule has 0 radical (unpaired) electrons. The van der Waals surface area contributed by atoms with Crippen molar-refractivity contribution in [3.8, 4) is 17.2 Å². The second-order valence-corrected chi connectivity index (χ2v) is 6.93. The van der Waals surface area contributed by atoms with Crippen LogP contribution in [0.2, 0.25) is 0 Å². The molecule has 3 rings (SSSR count). The van der Waals surface area contributed by atoms with Gasteiger partial charge in [-0.2, -0.15) is 0 Å². The number of aryl methyl sites for hydroxylation is 1. The van der Waals surface area contributed by atoms with Crippen molar-refractivity contribution < 1.29 is 14.3 Å². The van der Waals surface area contributed by atoms with Crippen molar-refractivity contribution in [2.45, 2.75) is 27.3 Å². The Morgan fingerprint density at radius 3 is 2.42 bits per heavy atom. The summed E-state index contributed by atoms with van der Waals surface area (Å²) >= 11 is 0. The van der Waals surface area contributed by atoms with Crippen LogP contribution in [0.3, 0.4) is 0 Å². The van der Waals surface area contributed by atoms with E-state index in [4.69, 9.17) is 19.2 Å². The van der Waals surface area contributed by atoms with Crippen molar-refractivity contribution in [3.63, 3.8) is 0 Å². The minimum Gasteiger partial charge on any atom is -0.496 e. The van der Waals surface area contributed by atoms with Crippen LogP contribution in [0.1, 0.15) is 22.6 Å². The number of methoxy groups -OCH3 is 1. The van der Waals surface area contributed by atoms with Gasteiger partial charge in [0, 0.05) is 44.8 Å². The van der Waals surface area contributed by atoms with E-state index >= 15 is 0 Å². The van der Waals surface area contributed by atoms with Gasteiger partial charge in [0.2, 0.25) is 5.89 Å². The van der Waals surface area contributed by atoms with Gasteiger partial charge in [-0.3, -0.25) is 9.80 Å². The summed E-state index contributed by atoms with van der Waals surface area (Å²) in [6.45, 7) is 11.9. The van der Waals surface area contributed by atoms with E-state index in [1.165, 1.54) is 0 Å². The van der Waals surface area contributed by atoms with Crippen molar-refractivity contribution in [1.29, 1.82) is 0 Å². The molecule has 0 amide bonds. The summed E-state index contributed by atoms with van der Waals surface area (Å²) in [4.78, 5) is 9.47. The van der Waals surface area contributed by atoms with Gasteiger partial charge in [-0.1, -0.05) is 0 Å². The standard InChI is InChI=1S/C20H29N3O3/c1-14-15(2)19(25-4)6-5-17(14)20-21-18(16(3)26-20)13-23-9-7-22(8-10-23)11-12-24/h5-6,24H,7-13H2,1-4H3. The molecule has 1 aromatic carbocycles. The summed E-state index contributed by atoms with van der Waals surface area (Å²) in [6, 6.07) is 3.99. The summed E-state index contributed by atoms with van der Waals surface area (Å²) in [6.07, 6.45) is 0. The monoisotopic (exact) mass is 359 g/mol. The highest BCUT2D eigenvalue weighted by molar-refractivity contribution is 5.63. The number of oxazole rings is 1. The van der Waals surface area contributed by atoms with Crippen LogP contribution in [0.5, 0.6) is 5.75 Å². The summed E-state index contributed by atoms with van der Waals surface area (Å²) in [7, 11) is 1.69. The Labute approximate surface area is 155 Å². The Balaban J connectivity index is 1.73. The minimum absolute atomic E-state index is 0.229. The molecule has 1 fully saturated rings. The SMILES string of the molecule is COc1ccc(-c2nc(CN3CCN(CCO)CC3)c(C)o2)c(C)c1C. The molecular weight excluding hydrogens is 330 g/mol. The molecule has 1 saturated heterocycles. The van der Waals surface area contributed by atoms with Gasteiger partial charge < -0.3 is 14.3 Å². The van der Waals surface area contributed by atoms with Gasteiger partial charge in [-0.05, 0) is 44.0 Å². The average Bonchev–Trinajstić information content (AvgIpc) is 2.99. The summed E-state index contributed by atoms with van der Waals surface area (Å²) in [5.74, 6) is 2.45. The first-order chi connectivity index (χ1) is 12.5. The second kappa shape index (κ2) is 8.20. The molecule has 0 atom stereocenters. The van der Waals surface area contributed by atoms with E-state index in [2.05, 4.69) is 23.6 Å². The fourth-order valence-corrected chi connectivity index (χ4v) is 3.46. The van der Waals surface area contributed by atoms with Gasteiger partial charge in [0.15, 0.2) is 0 Å². The molecule has 1 aliphatic heterocycles. The Hall–Kier alpha value is -1.89. The summed E-state index contributed by atoms with van der Waals surface area (Å²) in [5, 5.41) is 9.06. The molecule has 6 nitrogen and oxygen atoms in total. The second-order valence-electron chi connectivity index (χ2n) is 6.93. The topological polar surface area (TPSA) is 62.0 Å². The van der Waals surface area contributed by atoms with Crippen LogP contribution >= 0.6 is 0 Å². The Morgan fingerprint density at radius 2 is 1.77 bits per heavy atom. The molecule has 1 aliphatic rings. The van der Waals surface area contributed by atoms with E-state index in [1.807, 2.05) is 19.1 Å². The lowest BCUT2D eigenvalue weighted by molar-refractivity contribution is 0.107. The zero-order valence-corrected chi connectivity index (χ0v) is 16.2. The molecule has 2 aromatic rings. The van der Waals surface area contributed by atoms with Gasteiger partial charge in [0.05, 0.1) is 19.4 Å². The molecule has 0 saturated carbocycles. The molecule has 2 heterocycles. The number of aliphatic hydroxyl groups is 1. The molecule has 142 valence electrons. The van der Waals surface area contributed by atoms with Crippen LogP contribution in [0, 0.1) is 20.8 Å². The fourth-order valence-electron chi connectivity index (χ4n) is 3.46. The normalized spacial score (nSPS) is 16.2. The van der Waals surface area contributed by atoms with Crippen molar-refractivity contribution in [3.05, 3.63) is 34.7 Å². The van der Waals surface area contributed by atoms with Crippen molar-refractivity contribution in [2.24, 2.45) is 0 Å². The largest absolute Gasteiger partial charge is 0.496 e. The number of benzene rings is 1. The van der Waals surface area contributed by atoms with E-state index in [9.17, 15) is 0 Å². The van der Waals surface area contributed by atoms with Gasteiger partial charge in [0.1, 0.15) is 11.5 Å². The van der Waals surface area contributed by atoms with Crippen LogP contribution in [0.25, 0.3) is 11.5 Å². The quantitative estimate of drug-likeness (QED) is 0.854. The number of aliphatic hydroxyl groups excluding tert-OH is 1. The van der Waals surface area contributed by atoms with Crippen molar-refractivity contribution in [1.82, 2.24) is 14.8 Å². The van der Waals surface area contributed by atoms with Crippen molar-refractivity contribution >= 4 is 0 Å². The fraction of sp³-hybridized carbons (Fsp3) is 0.550. The minimum atomic E-state index is 0.229. The molecule has 0 bridgehead atoms. The smallest absolute Gasteiger partial charge is 0.226 e. The van der Waals surface area contributed by atoms with E-state index < -0.39 is 0 Å². The molecule has 0 spiro atoms. The van der Waals surface area contributed by atoms with Crippen LogP contribution in [-0.2, 0) is 6.54 Å². The van der Waals surface area contributed by atoms with E-state index in [-0.39, 0.29) is 6.61 Å². The maximum absolute atomic E-state index is 9.06. The maximum Gasteiger partial charge on any atom is 0.226 e. The van der Waals surface area contributed by atoms with Crippen LogP contribution in [0.15, 0.2) is 16.5 Å². The molecule has 1 aromatic heterocycles. The van der Waals surface area contributed by atoms with Gasteiger partial charge in [-0.25, -0.2) is 4.98 Å². The molecular formula is C20H29N3O3. The lowest BCUT2D eigenvalue weighted by Crippen LogP contribution is -2.46. The Bertz CT molecular complexity index is 749. The number of nitrogens with zero attached hydrogens (tertiary/aromatic N) is 3. The van der Waals surface area contributed by atoms with Gasteiger partial charge in [-0.15, -0.1) is 0 Å². The predicted octanol–water partition coefficient (Wildman–Crippen LogP) is 2.39. The predicted molar refractivity (Wildman–Crippen MR) is 102 cm³/mol. The molecule has 1 N–H and O–H groups in total. The van der Waals surface area contributed by atoms with Crippen LogP contribution in [-0.4, -0.2) is 66.3 Å². The third-order valence-electron chi connectivity index (χ3n) is 5.33. The lowest BCUT2D eigenvalue weighted by Gasteiger charge is -2.33. The molecule has 26 heavy (non-hydrogen) atoms. The van der Waals surface area contributed by atoms with E-state index in [0.29, 0.717) is 5.89 Å². The zero-order chi connectivity index (χ0) is 18.7. The number of ether oxygens (including phenoxy) is 1. The average molecular weight is 359 g/mol. The highest BCUT2D eigenvalue weighted by Crippen LogP contribution is 2.31. The van der Waals surface area contributed by atoms with Crippen molar-refractivity contribution in [2.75, 3.05) is 46.4 Å². The number of hydrogen-bond donors (Lipinski definition) is 1. The summed E-state index contributed by atoms with van der Waals surface area (Å²) < 4.78 is 11.4. The highest BCUT2D eigenvalue weighted by atomic mass is 16.5. The van der Waals surface area contributed by atoms with Gasteiger partial charge >= 0.3 is 0 Å². The maximum atomic E-state index is 9.06. The summed E-state index contributed by atoms with van der Waals surface area (Å²) in [5.41, 5.74) is 4.27. The number of hydrogen-bond acceptors (Lipinski definition) is 6. The lowest BCUT2D eigenvalue weighted by atomic mass is 10.0. The van der Waals surface area contributed by atoms with E-state index in [0.717, 1.165) is 73.2 Å². The first kappa shape index (κ1) is 18.9. The third-order valence-corrected chi connectivity index (χ3v) is 5.33. The highest BCUT2D eigenvalue weighted by Gasteiger charge is 2.20. The number of piperazine rings is 1. The third kappa shape index (κ3) is 3.92. The Morgan fingerprint density at radius 1 is 1.08 bits per heavy atom. The van der Waals surface area contributed by atoms with Gasteiger partial charge in [0.25, 0.3) is 0 Å². The number of rotatable bonds is 6. The van der Waals surface area contributed by atoms with Crippen LogP contribution < -0.4 is 4.74 Å². The first-order valence-corrected chi connectivity index (χ1v) is 9.20. The van der Waals surface area contributed by atoms with Crippen LogP contribution in [0.4, 0.5) is 0 Å². The first-order valence-electron chi connectivity index (χ1n) is 9.20. The molecule has 6 heteroatoms. The molecule has 0 unspecified atom stereocenters. The zero-order valence-electron chi connectivity index (χ0n) is 16.2. The van der Waals surface area contributed by atoms with E-state index in [1.54, 1.807) is 7.11 Å². The number of aromatic nitrogens is 1. The number of β-amino-alcohol motifs (C(OH)–C–C–N with tert-alkyl or cyclic N) is 1. The molecule has 0 aliphatic carbocycles.